The lowest BCUT2D eigenvalue weighted by atomic mass is 10.2. The van der Waals surface area contributed by atoms with E-state index in [2.05, 4.69) is 20.2 Å². The summed E-state index contributed by atoms with van der Waals surface area (Å²) in [5.41, 5.74) is 1.86. The zero-order chi connectivity index (χ0) is 24.6. The summed E-state index contributed by atoms with van der Waals surface area (Å²) in [4.78, 5) is 27.4. The standard InChI is InChI=1S/C23H17Cl3N8O/c1-10(2)18-28-21-15-9-13(25)5-7-17(15)32(23(35)34(21)30-18)11(3)19-29-20-14-8-12(24)4-6-16(14)27-22(26)33(20)31-19/h4-11H,1-3H3. The number of fused-ring (bicyclic) bond motifs is 6. The van der Waals surface area contributed by atoms with Crippen molar-refractivity contribution in [1.82, 2.24) is 38.7 Å². The molecule has 0 bridgehead atoms. The molecule has 2 aromatic carbocycles. The molecule has 0 spiro atoms. The van der Waals surface area contributed by atoms with E-state index in [1.807, 2.05) is 20.8 Å². The number of halogens is 3. The van der Waals surface area contributed by atoms with Crippen LogP contribution in [0.4, 0.5) is 0 Å². The molecule has 0 N–H and O–H groups in total. The Labute approximate surface area is 212 Å². The molecule has 0 radical (unpaired) electrons. The Morgan fingerprint density at radius 1 is 0.771 bits per heavy atom. The second-order valence-electron chi connectivity index (χ2n) is 8.60. The van der Waals surface area contributed by atoms with Crippen LogP contribution in [0.2, 0.25) is 15.3 Å². The highest BCUT2D eigenvalue weighted by Gasteiger charge is 2.24. The first-order valence-corrected chi connectivity index (χ1v) is 12.0. The average Bonchev–Trinajstić information content (AvgIpc) is 3.46. The van der Waals surface area contributed by atoms with Gasteiger partial charge in [-0.2, -0.15) is 9.03 Å². The molecule has 35 heavy (non-hydrogen) atoms. The highest BCUT2D eigenvalue weighted by atomic mass is 35.5. The molecule has 0 aliphatic rings. The lowest BCUT2D eigenvalue weighted by Crippen LogP contribution is -2.31. The fourth-order valence-electron chi connectivity index (χ4n) is 4.21. The zero-order valence-electron chi connectivity index (χ0n) is 18.7. The molecule has 0 amide bonds. The molecule has 12 heteroatoms. The van der Waals surface area contributed by atoms with Crippen molar-refractivity contribution in [2.45, 2.75) is 32.7 Å². The van der Waals surface area contributed by atoms with E-state index in [0.29, 0.717) is 54.8 Å². The lowest BCUT2D eigenvalue weighted by molar-refractivity contribution is 0.570. The molecule has 1 unspecified atom stereocenters. The van der Waals surface area contributed by atoms with Gasteiger partial charge >= 0.3 is 5.69 Å². The van der Waals surface area contributed by atoms with Gasteiger partial charge in [-0.05, 0) is 54.9 Å². The quantitative estimate of drug-likeness (QED) is 0.289. The predicted molar refractivity (Wildman–Crippen MR) is 136 cm³/mol. The molecule has 0 aliphatic heterocycles. The van der Waals surface area contributed by atoms with E-state index in [1.54, 1.807) is 41.0 Å². The first-order valence-electron chi connectivity index (χ1n) is 10.8. The molecule has 4 heterocycles. The summed E-state index contributed by atoms with van der Waals surface area (Å²) in [7, 11) is 0. The molecule has 0 fully saturated rings. The molecular formula is C23H17Cl3N8O. The summed E-state index contributed by atoms with van der Waals surface area (Å²) in [5.74, 6) is 0.994. The Bertz CT molecular complexity index is 1870. The van der Waals surface area contributed by atoms with Crippen molar-refractivity contribution in [2.75, 3.05) is 0 Å². The van der Waals surface area contributed by atoms with Crippen LogP contribution in [-0.2, 0) is 0 Å². The summed E-state index contributed by atoms with van der Waals surface area (Å²) >= 11 is 18.9. The fourth-order valence-corrected chi connectivity index (χ4v) is 4.77. The fraction of sp³-hybridized carbons (Fsp3) is 0.217. The van der Waals surface area contributed by atoms with Gasteiger partial charge in [0.05, 0.1) is 17.1 Å². The SMILES string of the molecule is CC(C)c1nc2c3cc(Cl)ccc3n(C(C)c3nc4c5cc(Cl)ccc5nc(Cl)n4n3)c(=O)n2n1. The Hall–Kier alpha value is -3.27. The number of hydrogen-bond donors (Lipinski definition) is 0. The maximum Gasteiger partial charge on any atom is 0.351 e. The van der Waals surface area contributed by atoms with Crippen LogP contribution in [0.5, 0.6) is 0 Å². The van der Waals surface area contributed by atoms with Crippen LogP contribution in [0.3, 0.4) is 0 Å². The van der Waals surface area contributed by atoms with Crippen molar-refractivity contribution >= 4 is 67.9 Å². The molecule has 176 valence electrons. The minimum Gasteiger partial charge on any atom is -0.281 e. The van der Waals surface area contributed by atoms with Crippen LogP contribution in [0.15, 0.2) is 41.2 Å². The van der Waals surface area contributed by atoms with E-state index in [-0.39, 0.29) is 16.9 Å². The van der Waals surface area contributed by atoms with E-state index in [0.717, 1.165) is 0 Å². The summed E-state index contributed by atoms with van der Waals surface area (Å²) in [6, 6.07) is 9.99. The van der Waals surface area contributed by atoms with E-state index >= 15 is 0 Å². The Balaban J connectivity index is 1.65. The van der Waals surface area contributed by atoms with Gasteiger partial charge in [0.25, 0.3) is 0 Å². The Kier molecular flexibility index (Phi) is 5.00. The van der Waals surface area contributed by atoms with Crippen LogP contribution in [0, 0.1) is 0 Å². The number of nitrogens with zero attached hydrogens (tertiary/aromatic N) is 8. The van der Waals surface area contributed by atoms with Crippen LogP contribution in [0.1, 0.15) is 44.4 Å². The highest BCUT2D eigenvalue weighted by Crippen LogP contribution is 2.28. The average molecular weight is 528 g/mol. The highest BCUT2D eigenvalue weighted by molar-refractivity contribution is 6.32. The summed E-state index contributed by atoms with van der Waals surface area (Å²) in [6.45, 7) is 5.78. The third-order valence-corrected chi connectivity index (χ3v) is 6.67. The van der Waals surface area contributed by atoms with Crippen molar-refractivity contribution in [3.63, 3.8) is 0 Å². The third kappa shape index (κ3) is 3.37. The second kappa shape index (κ2) is 7.87. The monoisotopic (exact) mass is 526 g/mol. The van der Waals surface area contributed by atoms with E-state index in [1.165, 1.54) is 9.03 Å². The Morgan fingerprint density at radius 2 is 1.40 bits per heavy atom. The van der Waals surface area contributed by atoms with Crippen molar-refractivity contribution in [3.05, 3.63) is 73.9 Å². The number of aromatic nitrogens is 8. The minimum atomic E-state index is -0.576. The zero-order valence-corrected chi connectivity index (χ0v) is 21.0. The number of benzene rings is 2. The van der Waals surface area contributed by atoms with Crippen molar-refractivity contribution < 1.29 is 0 Å². The van der Waals surface area contributed by atoms with Crippen molar-refractivity contribution in [2.24, 2.45) is 0 Å². The Morgan fingerprint density at radius 3 is 2.14 bits per heavy atom. The van der Waals surface area contributed by atoms with Gasteiger partial charge in [-0.1, -0.05) is 37.0 Å². The van der Waals surface area contributed by atoms with E-state index in [9.17, 15) is 4.79 Å². The molecular weight excluding hydrogens is 511 g/mol. The molecule has 4 aromatic heterocycles. The molecule has 1 atom stereocenters. The normalized spacial score (nSPS) is 13.1. The van der Waals surface area contributed by atoms with Gasteiger partial charge in [-0.25, -0.2) is 19.7 Å². The third-order valence-electron chi connectivity index (χ3n) is 5.96. The van der Waals surface area contributed by atoms with Crippen molar-refractivity contribution in [1.29, 1.82) is 0 Å². The minimum absolute atomic E-state index is 0.0456. The van der Waals surface area contributed by atoms with Crippen LogP contribution in [-0.4, -0.2) is 38.7 Å². The number of rotatable bonds is 3. The predicted octanol–water partition coefficient (Wildman–Crippen LogP) is 5.33. The van der Waals surface area contributed by atoms with E-state index in [4.69, 9.17) is 39.8 Å². The molecule has 0 saturated carbocycles. The molecule has 0 saturated heterocycles. The van der Waals surface area contributed by atoms with E-state index < -0.39 is 6.04 Å². The first-order chi connectivity index (χ1) is 16.7. The van der Waals surface area contributed by atoms with Crippen LogP contribution in [0.25, 0.3) is 33.1 Å². The largest absolute Gasteiger partial charge is 0.351 e. The van der Waals surface area contributed by atoms with Gasteiger partial charge in [-0.15, -0.1) is 10.2 Å². The van der Waals surface area contributed by atoms with Gasteiger partial charge in [0, 0.05) is 26.7 Å². The summed E-state index contributed by atoms with van der Waals surface area (Å²) < 4.78 is 4.34. The van der Waals surface area contributed by atoms with Gasteiger partial charge in [0.1, 0.15) is 0 Å². The number of hydrogen-bond acceptors (Lipinski definition) is 6. The summed E-state index contributed by atoms with van der Waals surface area (Å²) in [5, 5.41) is 11.7. The van der Waals surface area contributed by atoms with Gasteiger partial charge < -0.3 is 0 Å². The van der Waals surface area contributed by atoms with Gasteiger partial charge in [0.2, 0.25) is 5.28 Å². The smallest absolute Gasteiger partial charge is 0.281 e. The maximum absolute atomic E-state index is 13.7. The lowest BCUT2D eigenvalue weighted by Gasteiger charge is -2.15. The van der Waals surface area contributed by atoms with Crippen LogP contribution >= 0.6 is 34.8 Å². The topological polar surface area (TPSA) is 95.3 Å². The molecule has 9 nitrogen and oxygen atoms in total. The maximum atomic E-state index is 13.7. The molecule has 0 aliphatic carbocycles. The summed E-state index contributed by atoms with van der Waals surface area (Å²) in [6.07, 6.45) is 0. The van der Waals surface area contributed by atoms with Crippen LogP contribution < -0.4 is 5.69 Å². The van der Waals surface area contributed by atoms with Gasteiger partial charge in [0.15, 0.2) is 22.9 Å². The van der Waals surface area contributed by atoms with Crippen molar-refractivity contribution in [3.8, 4) is 0 Å². The second-order valence-corrected chi connectivity index (χ2v) is 9.81. The molecule has 6 rings (SSSR count). The molecule has 6 aromatic rings. The van der Waals surface area contributed by atoms with Gasteiger partial charge in [-0.3, -0.25) is 4.57 Å². The first kappa shape index (κ1) is 22.2.